The van der Waals surface area contributed by atoms with Crippen molar-refractivity contribution in [3.63, 3.8) is 0 Å². The van der Waals surface area contributed by atoms with Gasteiger partial charge in [-0.3, -0.25) is 0 Å². The number of halogens is 2. The first-order valence-corrected chi connectivity index (χ1v) is 6.21. The largest absolute Gasteiger partial charge is 0.426 e. The number of cyclic esters (lactones) is 1. The summed E-state index contributed by atoms with van der Waals surface area (Å²) >= 11 is 11.5. The Balaban J connectivity index is 2.70. The van der Waals surface area contributed by atoms with E-state index in [9.17, 15) is 4.79 Å². The van der Waals surface area contributed by atoms with E-state index in [0.717, 1.165) is 6.42 Å². The Morgan fingerprint density at radius 2 is 1.76 bits per heavy atom. The first kappa shape index (κ1) is 14.8. The maximum Gasteiger partial charge on any atom is 0.353 e. The second-order valence-corrected chi connectivity index (χ2v) is 6.80. The van der Waals surface area contributed by atoms with Crippen LogP contribution in [0.3, 0.4) is 0 Å². The molecule has 0 aromatic rings. The van der Waals surface area contributed by atoms with E-state index in [0.29, 0.717) is 0 Å². The Morgan fingerprint density at radius 3 is 2.12 bits per heavy atom. The van der Waals surface area contributed by atoms with Crippen molar-refractivity contribution in [1.82, 2.24) is 0 Å². The lowest BCUT2D eigenvalue weighted by atomic mass is 9.83. The lowest BCUT2D eigenvalue weighted by molar-refractivity contribution is -0.186. The maximum atomic E-state index is 11.2. The number of hydrogen-bond acceptors (Lipinski definition) is 3. The number of esters is 1. The smallest absolute Gasteiger partial charge is 0.353 e. The van der Waals surface area contributed by atoms with Crippen LogP contribution < -0.4 is 0 Å². The normalized spacial score (nSPS) is 22.1. The van der Waals surface area contributed by atoms with E-state index < -0.39 is 17.9 Å². The molecule has 0 fully saturated rings. The van der Waals surface area contributed by atoms with E-state index >= 15 is 0 Å². The third kappa shape index (κ3) is 4.16. The summed E-state index contributed by atoms with van der Waals surface area (Å²) in [5.74, 6) is -0.631. The SMILES string of the molecule is CC(C)(C)CC(C)(C)OC1OC(=O)C(Cl)=C1Cl. The molecule has 1 rings (SSSR count). The third-order valence-electron chi connectivity index (χ3n) is 2.19. The third-order valence-corrected chi connectivity index (χ3v) is 3.01. The molecule has 3 nitrogen and oxygen atoms in total. The monoisotopic (exact) mass is 280 g/mol. The fourth-order valence-electron chi connectivity index (χ4n) is 2.09. The molecular formula is C12H18Cl2O3. The molecule has 0 saturated heterocycles. The lowest BCUT2D eigenvalue weighted by Crippen LogP contribution is -2.35. The quantitative estimate of drug-likeness (QED) is 0.738. The molecule has 0 saturated carbocycles. The summed E-state index contributed by atoms with van der Waals surface area (Å²) in [6.45, 7) is 10.2. The van der Waals surface area contributed by atoms with Gasteiger partial charge in [0.15, 0.2) is 0 Å². The van der Waals surface area contributed by atoms with Gasteiger partial charge in [0.1, 0.15) is 10.1 Å². The highest BCUT2D eigenvalue weighted by molar-refractivity contribution is 6.48. The molecule has 17 heavy (non-hydrogen) atoms. The summed E-state index contributed by atoms with van der Waals surface area (Å²) in [5, 5.41) is 0.0295. The summed E-state index contributed by atoms with van der Waals surface area (Å²) in [5.41, 5.74) is -0.350. The molecule has 1 aliphatic rings. The van der Waals surface area contributed by atoms with Crippen molar-refractivity contribution < 1.29 is 14.3 Å². The van der Waals surface area contributed by atoms with Crippen LogP contribution >= 0.6 is 23.2 Å². The maximum absolute atomic E-state index is 11.2. The number of hydrogen-bond donors (Lipinski definition) is 0. The summed E-state index contributed by atoms with van der Waals surface area (Å²) < 4.78 is 10.6. The van der Waals surface area contributed by atoms with E-state index in [1.807, 2.05) is 13.8 Å². The van der Waals surface area contributed by atoms with Gasteiger partial charge in [0.2, 0.25) is 6.29 Å². The fraction of sp³-hybridized carbons (Fsp3) is 0.750. The standard InChI is InChI=1S/C12H18Cl2O3/c1-11(2,3)6-12(4,5)17-10-8(14)7(13)9(15)16-10/h10H,6H2,1-5H3. The van der Waals surface area contributed by atoms with Crippen LogP contribution in [-0.4, -0.2) is 17.9 Å². The van der Waals surface area contributed by atoms with Crippen molar-refractivity contribution in [2.24, 2.45) is 5.41 Å². The van der Waals surface area contributed by atoms with Gasteiger partial charge in [-0.25, -0.2) is 4.79 Å². The van der Waals surface area contributed by atoms with Crippen LogP contribution in [0.15, 0.2) is 10.1 Å². The summed E-state index contributed by atoms with van der Waals surface area (Å²) in [4.78, 5) is 11.2. The summed E-state index contributed by atoms with van der Waals surface area (Å²) in [7, 11) is 0. The minimum Gasteiger partial charge on any atom is -0.426 e. The molecule has 0 N–H and O–H groups in total. The number of ether oxygens (including phenoxy) is 2. The average molecular weight is 281 g/mol. The Labute approximate surface area is 112 Å². The van der Waals surface area contributed by atoms with Gasteiger partial charge in [0, 0.05) is 0 Å². The van der Waals surface area contributed by atoms with Crippen LogP contribution in [0.2, 0.25) is 0 Å². The van der Waals surface area contributed by atoms with Crippen LogP contribution in [0.5, 0.6) is 0 Å². The van der Waals surface area contributed by atoms with Crippen molar-refractivity contribution >= 4 is 29.2 Å². The van der Waals surface area contributed by atoms with Crippen LogP contribution in [0.1, 0.15) is 41.0 Å². The number of carbonyl (C=O) groups is 1. The summed E-state index contributed by atoms with van der Waals surface area (Å²) in [6, 6.07) is 0. The van der Waals surface area contributed by atoms with E-state index in [1.165, 1.54) is 0 Å². The van der Waals surface area contributed by atoms with Gasteiger partial charge in [0.05, 0.1) is 5.60 Å². The molecule has 0 aromatic carbocycles. The highest BCUT2D eigenvalue weighted by atomic mass is 35.5. The van der Waals surface area contributed by atoms with Gasteiger partial charge in [-0.15, -0.1) is 0 Å². The molecule has 1 heterocycles. The predicted molar refractivity (Wildman–Crippen MR) is 67.8 cm³/mol. The molecular weight excluding hydrogens is 263 g/mol. The zero-order valence-corrected chi connectivity index (χ0v) is 12.3. The molecule has 0 bridgehead atoms. The van der Waals surface area contributed by atoms with Crippen LogP contribution in [0, 0.1) is 5.41 Å². The molecule has 1 aliphatic heterocycles. The van der Waals surface area contributed by atoms with E-state index in [1.54, 1.807) is 0 Å². The molecule has 1 atom stereocenters. The Bertz CT molecular complexity index is 353. The van der Waals surface area contributed by atoms with Gasteiger partial charge in [-0.05, 0) is 25.7 Å². The molecule has 0 aromatic heterocycles. The number of rotatable bonds is 3. The first-order valence-electron chi connectivity index (χ1n) is 5.46. The van der Waals surface area contributed by atoms with Crippen molar-refractivity contribution in [3.05, 3.63) is 10.1 Å². The molecule has 0 aliphatic carbocycles. The van der Waals surface area contributed by atoms with Crippen LogP contribution in [0.25, 0.3) is 0 Å². The number of carbonyl (C=O) groups excluding carboxylic acids is 1. The van der Waals surface area contributed by atoms with E-state index in [4.69, 9.17) is 32.7 Å². The van der Waals surface area contributed by atoms with Gasteiger partial charge in [-0.2, -0.15) is 0 Å². The Hall–Kier alpha value is -0.250. The molecule has 0 radical (unpaired) electrons. The molecule has 98 valence electrons. The van der Waals surface area contributed by atoms with Crippen molar-refractivity contribution in [2.45, 2.75) is 52.9 Å². The van der Waals surface area contributed by atoms with E-state index in [2.05, 4.69) is 20.8 Å². The Kier molecular flexibility index (Phi) is 4.17. The molecule has 5 heteroatoms. The van der Waals surface area contributed by atoms with Crippen LogP contribution in [0.4, 0.5) is 0 Å². The van der Waals surface area contributed by atoms with Crippen LogP contribution in [-0.2, 0) is 14.3 Å². The minimum atomic E-state index is -0.881. The van der Waals surface area contributed by atoms with E-state index in [-0.39, 0.29) is 15.5 Å². The van der Waals surface area contributed by atoms with Gasteiger partial charge in [-0.1, -0.05) is 44.0 Å². The van der Waals surface area contributed by atoms with Crippen molar-refractivity contribution in [3.8, 4) is 0 Å². The molecule has 0 spiro atoms. The van der Waals surface area contributed by atoms with Gasteiger partial charge < -0.3 is 9.47 Å². The van der Waals surface area contributed by atoms with Gasteiger partial charge in [0.25, 0.3) is 0 Å². The second kappa shape index (κ2) is 4.79. The minimum absolute atomic E-state index is 0.0942. The second-order valence-electron chi connectivity index (χ2n) is 6.01. The van der Waals surface area contributed by atoms with Crippen molar-refractivity contribution in [2.75, 3.05) is 0 Å². The highest BCUT2D eigenvalue weighted by Gasteiger charge is 2.38. The van der Waals surface area contributed by atoms with Gasteiger partial charge >= 0.3 is 5.97 Å². The fourth-order valence-corrected chi connectivity index (χ4v) is 2.39. The molecule has 1 unspecified atom stereocenters. The molecule has 0 amide bonds. The predicted octanol–water partition coefficient (Wildman–Crippen LogP) is 3.79. The zero-order valence-electron chi connectivity index (χ0n) is 10.8. The van der Waals surface area contributed by atoms with Crippen molar-refractivity contribution in [1.29, 1.82) is 0 Å². The summed E-state index contributed by atoms with van der Waals surface area (Å²) in [6.07, 6.45) is -0.0791. The average Bonchev–Trinajstić information content (AvgIpc) is 2.28. The first-order chi connectivity index (χ1) is 7.52. The highest BCUT2D eigenvalue weighted by Crippen LogP contribution is 2.36. The topological polar surface area (TPSA) is 35.5 Å². The Morgan fingerprint density at radius 1 is 1.24 bits per heavy atom. The zero-order chi connectivity index (χ0) is 13.4. The lowest BCUT2D eigenvalue weighted by Gasteiger charge is -2.34.